The Hall–Kier alpha value is -2.63. The van der Waals surface area contributed by atoms with Gasteiger partial charge in [-0.2, -0.15) is 5.10 Å². The van der Waals surface area contributed by atoms with Crippen LogP contribution >= 0.6 is 0 Å². The van der Waals surface area contributed by atoms with Gasteiger partial charge in [0, 0.05) is 13.0 Å². The molecule has 0 amide bonds. The van der Waals surface area contributed by atoms with Crippen molar-refractivity contribution in [3.8, 4) is 11.5 Å². The Morgan fingerprint density at radius 1 is 1.25 bits per heavy atom. The molecule has 0 saturated carbocycles. The SMILES string of the molecule is COc1ccc2c(c1)C(=O)CC1(CCN(c3ccc(C)nn3)C1)O2. The van der Waals surface area contributed by atoms with Gasteiger partial charge in [-0.25, -0.2) is 0 Å². The molecule has 0 aliphatic carbocycles. The predicted molar refractivity (Wildman–Crippen MR) is 88.9 cm³/mol. The Labute approximate surface area is 140 Å². The Bertz CT molecular complexity index is 791. The van der Waals surface area contributed by atoms with Crippen LogP contribution in [0.15, 0.2) is 30.3 Å². The van der Waals surface area contributed by atoms with E-state index in [-0.39, 0.29) is 5.78 Å². The predicted octanol–water partition coefficient (Wildman–Crippen LogP) is 2.41. The van der Waals surface area contributed by atoms with Gasteiger partial charge in [0.15, 0.2) is 11.6 Å². The number of carbonyl (C=O) groups excluding carboxylic acids is 1. The number of methoxy groups -OCH3 is 1. The van der Waals surface area contributed by atoms with E-state index in [0.29, 0.717) is 30.0 Å². The summed E-state index contributed by atoms with van der Waals surface area (Å²) < 4.78 is 11.5. The van der Waals surface area contributed by atoms with Crippen molar-refractivity contribution >= 4 is 11.6 Å². The molecule has 3 heterocycles. The molecule has 24 heavy (non-hydrogen) atoms. The van der Waals surface area contributed by atoms with Crippen LogP contribution in [0, 0.1) is 6.92 Å². The van der Waals surface area contributed by atoms with Gasteiger partial charge < -0.3 is 14.4 Å². The van der Waals surface area contributed by atoms with Gasteiger partial charge in [-0.1, -0.05) is 0 Å². The second kappa shape index (κ2) is 5.47. The highest BCUT2D eigenvalue weighted by Gasteiger charge is 2.46. The van der Waals surface area contributed by atoms with Crippen molar-refractivity contribution in [2.24, 2.45) is 0 Å². The van der Waals surface area contributed by atoms with Gasteiger partial charge in [-0.15, -0.1) is 5.10 Å². The number of fused-ring (bicyclic) bond motifs is 1. The fraction of sp³-hybridized carbons (Fsp3) is 0.389. The van der Waals surface area contributed by atoms with E-state index in [4.69, 9.17) is 9.47 Å². The number of aromatic nitrogens is 2. The van der Waals surface area contributed by atoms with Crippen molar-refractivity contribution in [3.05, 3.63) is 41.6 Å². The van der Waals surface area contributed by atoms with E-state index in [2.05, 4.69) is 15.1 Å². The number of ether oxygens (including phenoxy) is 2. The summed E-state index contributed by atoms with van der Waals surface area (Å²) in [5, 5.41) is 8.36. The van der Waals surface area contributed by atoms with Gasteiger partial charge in [-0.05, 0) is 37.3 Å². The Kier molecular flexibility index (Phi) is 3.40. The molecule has 6 heteroatoms. The average Bonchev–Trinajstić information content (AvgIpc) is 2.98. The Balaban J connectivity index is 1.59. The zero-order valence-electron chi connectivity index (χ0n) is 13.8. The minimum atomic E-state index is -0.481. The molecular weight excluding hydrogens is 306 g/mol. The lowest BCUT2D eigenvalue weighted by Crippen LogP contribution is -2.44. The smallest absolute Gasteiger partial charge is 0.170 e. The van der Waals surface area contributed by atoms with Crippen molar-refractivity contribution < 1.29 is 14.3 Å². The van der Waals surface area contributed by atoms with Gasteiger partial charge in [0.1, 0.15) is 17.1 Å². The van der Waals surface area contributed by atoms with Crippen LogP contribution < -0.4 is 14.4 Å². The average molecular weight is 325 g/mol. The molecule has 1 unspecified atom stereocenters. The van der Waals surface area contributed by atoms with Crippen LogP contribution in [0.5, 0.6) is 11.5 Å². The number of Topliss-reactive ketones (excluding diaryl/α,β-unsaturated/α-hetero) is 1. The van der Waals surface area contributed by atoms with Crippen LogP contribution in [0.2, 0.25) is 0 Å². The summed E-state index contributed by atoms with van der Waals surface area (Å²) in [5.41, 5.74) is 1.01. The topological polar surface area (TPSA) is 64.5 Å². The number of nitrogens with zero attached hydrogens (tertiary/aromatic N) is 3. The zero-order chi connectivity index (χ0) is 16.7. The van der Waals surface area contributed by atoms with Gasteiger partial charge in [-0.3, -0.25) is 4.79 Å². The van der Waals surface area contributed by atoms with E-state index in [1.54, 1.807) is 13.2 Å². The fourth-order valence-corrected chi connectivity index (χ4v) is 3.43. The fourth-order valence-electron chi connectivity index (χ4n) is 3.43. The summed E-state index contributed by atoms with van der Waals surface area (Å²) in [5.74, 6) is 2.24. The lowest BCUT2D eigenvalue weighted by atomic mass is 9.89. The molecule has 0 radical (unpaired) electrons. The van der Waals surface area contributed by atoms with Gasteiger partial charge >= 0.3 is 0 Å². The number of benzene rings is 1. The maximum absolute atomic E-state index is 12.6. The van der Waals surface area contributed by atoms with Gasteiger partial charge in [0.25, 0.3) is 0 Å². The molecule has 124 valence electrons. The summed E-state index contributed by atoms with van der Waals surface area (Å²) in [7, 11) is 1.59. The number of hydrogen-bond donors (Lipinski definition) is 0. The number of hydrogen-bond acceptors (Lipinski definition) is 6. The lowest BCUT2D eigenvalue weighted by molar-refractivity contribution is 0.0537. The molecule has 1 saturated heterocycles. The van der Waals surface area contributed by atoms with E-state index in [0.717, 1.165) is 24.5 Å². The van der Waals surface area contributed by atoms with Crippen LogP contribution in [0.3, 0.4) is 0 Å². The van der Waals surface area contributed by atoms with Gasteiger partial charge in [0.2, 0.25) is 0 Å². The second-order valence-corrected chi connectivity index (χ2v) is 6.45. The lowest BCUT2D eigenvalue weighted by Gasteiger charge is -2.34. The molecule has 1 atom stereocenters. The summed E-state index contributed by atoms with van der Waals surface area (Å²) >= 11 is 0. The van der Waals surface area contributed by atoms with E-state index in [1.807, 2.05) is 31.2 Å². The zero-order valence-corrected chi connectivity index (χ0v) is 13.8. The molecule has 1 fully saturated rings. The summed E-state index contributed by atoms with van der Waals surface area (Å²) in [4.78, 5) is 14.8. The molecule has 2 aliphatic rings. The molecule has 0 N–H and O–H groups in total. The monoisotopic (exact) mass is 325 g/mol. The number of rotatable bonds is 2. The van der Waals surface area contributed by atoms with Crippen LogP contribution in [0.25, 0.3) is 0 Å². The number of ketones is 1. The highest BCUT2D eigenvalue weighted by atomic mass is 16.5. The quantitative estimate of drug-likeness (QED) is 0.845. The first kappa shape index (κ1) is 14.9. The highest BCUT2D eigenvalue weighted by molar-refractivity contribution is 6.00. The van der Waals surface area contributed by atoms with Gasteiger partial charge in [0.05, 0.1) is 31.3 Å². The summed E-state index contributed by atoms with van der Waals surface area (Å²) in [6.07, 6.45) is 1.17. The van der Waals surface area contributed by atoms with Crippen LogP contribution in [-0.2, 0) is 0 Å². The molecular formula is C18H19N3O3. The van der Waals surface area contributed by atoms with Crippen LogP contribution in [0.4, 0.5) is 5.82 Å². The van der Waals surface area contributed by atoms with Crippen molar-refractivity contribution in [1.29, 1.82) is 0 Å². The first-order valence-corrected chi connectivity index (χ1v) is 8.04. The molecule has 2 aromatic rings. The first-order chi connectivity index (χ1) is 11.6. The maximum Gasteiger partial charge on any atom is 0.170 e. The molecule has 1 aromatic carbocycles. The van der Waals surface area contributed by atoms with Crippen LogP contribution in [-0.4, -0.2) is 41.8 Å². The molecule has 1 aromatic heterocycles. The third kappa shape index (κ3) is 2.48. The molecule has 2 aliphatic heterocycles. The van der Waals surface area contributed by atoms with Crippen LogP contribution in [0.1, 0.15) is 28.9 Å². The normalized spacial score (nSPS) is 22.4. The second-order valence-electron chi connectivity index (χ2n) is 6.45. The highest BCUT2D eigenvalue weighted by Crippen LogP contribution is 2.40. The number of carbonyl (C=O) groups is 1. The minimum Gasteiger partial charge on any atom is -0.497 e. The van der Waals surface area contributed by atoms with Crippen molar-refractivity contribution in [2.45, 2.75) is 25.4 Å². The van der Waals surface area contributed by atoms with Crippen molar-refractivity contribution in [3.63, 3.8) is 0 Å². The molecule has 0 bridgehead atoms. The Morgan fingerprint density at radius 2 is 2.12 bits per heavy atom. The van der Waals surface area contributed by atoms with Crippen molar-refractivity contribution in [1.82, 2.24) is 10.2 Å². The van der Waals surface area contributed by atoms with E-state index < -0.39 is 5.60 Å². The number of anilines is 1. The molecule has 6 nitrogen and oxygen atoms in total. The first-order valence-electron chi connectivity index (χ1n) is 8.04. The molecule has 4 rings (SSSR count). The van der Waals surface area contributed by atoms with E-state index >= 15 is 0 Å². The van der Waals surface area contributed by atoms with E-state index in [1.165, 1.54) is 0 Å². The third-order valence-electron chi connectivity index (χ3n) is 4.72. The third-order valence-corrected chi connectivity index (χ3v) is 4.72. The minimum absolute atomic E-state index is 0.104. The summed E-state index contributed by atoms with van der Waals surface area (Å²) in [6.45, 7) is 3.36. The number of aryl methyl sites for hydroxylation is 1. The summed E-state index contributed by atoms with van der Waals surface area (Å²) in [6, 6.07) is 9.31. The van der Waals surface area contributed by atoms with E-state index in [9.17, 15) is 4.79 Å². The molecule has 1 spiro atoms. The Morgan fingerprint density at radius 3 is 2.88 bits per heavy atom. The maximum atomic E-state index is 12.6. The largest absolute Gasteiger partial charge is 0.497 e. The standard InChI is InChI=1S/C18H19N3O3/c1-12-3-6-17(20-19-12)21-8-7-18(11-21)10-15(22)14-9-13(23-2)4-5-16(14)24-18/h3-6,9H,7-8,10-11H2,1-2H3. The van der Waals surface area contributed by atoms with Crippen molar-refractivity contribution in [2.75, 3.05) is 25.1 Å².